The number of hydrogen-bond donors (Lipinski definition) is 2. The first-order chi connectivity index (χ1) is 9.09. The van der Waals surface area contributed by atoms with Gasteiger partial charge in [-0.05, 0) is 31.9 Å². The summed E-state index contributed by atoms with van der Waals surface area (Å²) in [6.07, 6.45) is 2.09. The fraction of sp³-hybridized carbons (Fsp3) is 0.429. The molecule has 1 aromatic rings. The first-order valence-corrected chi connectivity index (χ1v) is 6.92. The molecule has 19 heavy (non-hydrogen) atoms. The first-order valence-electron chi connectivity index (χ1n) is 6.47. The fourth-order valence-electron chi connectivity index (χ4n) is 2.21. The molecule has 0 aliphatic carbocycles. The quantitative estimate of drug-likeness (QED) is 0.827. The lowest BCUT2D eigenvalue weighted by Crippen LogP contribution is -2.46. The van der Waals surface area contributed by atoms with Gasteiger partial charge >= 0.3 is 0 Å². The number of carbonyl (C=O) groups excluding carboxylic acids is 2. The number of thiol groups is 1. The minimum atomic E-state index is -0.501. The van der Waals surface area contributed by atoms with Gasteiger partial charge in [0.25, 0.3) is 5.91 Å². The van der Waals surface area contributed by atoms with Gasteiger partial charge in [-0.25, -0.2) is 0 Å². The Bertz CT molecular complexity index is 484. The Morgan fingerprint density at radius 3 is 2.53 bits per heavy atom. The van der Waals surface area contributed by atoms with Gasteiger partial charge in [0.2, 0.25) is 5.91 Å². The lowest BCUT2D eigenvalue weighted by atomic mass is 10.2. The summed E-state index contributed by atoms with van der Waals surface area (Å²) in [4.78, 5) is 26.6. The molecule has 1 saturated heterocycles. The van der Waals surface area contributed by atoms with Crippen molar-refractivity contribution in [1.29, 1.82) is 0 Å². The van der Waals surface area contributed by atoms with E-state index in [1.807, 2.05) is 6.07 Å². The molecule has 1 atom stereocenters. The molecule has 0 radical (unpaired) electrons. The van der Waals surface area contributed by atoms with Crippen LogP contribution in [-0.2, 0) is 4.79 Å². The molecule has 4 nitrogen and oxygen atoms in total. The number of benzene rings is 1. The van der Waals surface area contributed by atoms with Crippen LogP contribution in [0.1, 0.15) is 30.1 Å². The van der Waals surface area contributed by atoms with E-state index in [0.29, 0.717) is 10.5 Å². The minimum absolute atomic E-state index is 0.0116. The van der Waals surface area contributed by atoms with Gasteiger partial charge in [-0.2, -0.15) is 0 Å². The number of carbonyl (C=O) groups is 2. The molecule has 1 aliphatic heterocycles. The molecule has 5 heteroatoms. The second-order valence-corrected chi connectivity index (χ2v) is 5.23. The highest BCUT2D eigenvalue weighted by Gasteiger charge is 2.24. The molecule has 1 heterocycles. The predicted octanol–water partition coefficient (Wildman–Crippen LogP) is 1.72. The van der Waals surface area contributed by atoms with Crippen molar-refractivity contribution in [1.82, 2.24) is 10.2 Å². The van der Waals surface area contributed by atoms with E-state index in [4.69, 9.17) is 0 Å². The standard InChI is InChI=1S/C14H18N2O2S/c1-10(14(18)16-8-4-5-9-16)15-13(17)11-6-2-3-7-12(11)19/h2-3,6-7,10,19H,4-5,8-9H2,1H3,(H,15,17). The second-order valence-electron chi connectivity index (χ2n) is 4.74. The first kappa shape index (κ1) is 13.9. The van der Waals surface area contributed by atoms with Crippen molar-refractivity contribution in [3.05, 3.63) is 29.8 Å². The Morgan fingerprint density at radius 2 is 1.89 bits per heavy atom. The Hall–Kier alpha value is -1.49. The van der Waals surface area contributed by atoms with E-state index in [1.54, 1.807) is 30.0 Å². The summed E-state index contributed by atoms with van der Waals surface area (Å²) in [7, 11) is 0. The van der Waals surface area contributed by atoms with Gasteiger partial charge in [0.1, 0.15) is 6.04 Å². The highest BCUT2D eigenvalue weighted by atomic mass is 32.1. The largest absolute Gasteiger partial charge is 0.341 e. The average Bonchev–Trinajstić information content (AvgIpc) is 2.92. The van der Waals surface area contributed by atoms with Crippen LogP contribution in [0.25, 0.3) is 0 Å². The van der Waals surface area contributed by atoms with Crippen LogP contribution >= 0.6 is 12.6 Å². The summed E-state index contributed by atoms with van der Waals surface area (Å²) in [5.74, 6) is -0.270. The van der Waals surface area contributed by atoms with Crippen LogP contribution in [0.2, 0.25) is 0 Å². The van der Waals surface area contributed by atoms with Gasteiger partial charge in [0, 0.05) is 18.0 Å². The SMILES string of the molecule is CC(NC(=O)c1ccccc1S)C(=O)N1CCCC1. The summed E-state index contributed by atoms with van der Waals surface area (Å²) < 4.78 is 0. The maximum atomic E-state index is 12.1. The van der Waals surface area contributed by atoms with Gasteiger partial charge < -0.3 is 10.2 Å². The van der Waals surface area contributed by atoms with Crippen LogP contribution in [-0.4, -0.2) is 35.8 Å². The van der Waals surface area contributed by atoms with Crippen LogP contribution in [0.3, 0.4) is 0 Å². The molecule has 2 rings (SSSR count). The van der Waals surface area contributed by atoms with Crippen molar-refractivity contribution in [3.63, 3.8) is 0 Å². The van der Waals surface area contributed by atoms with Crippen molar-refractivity contribution in [2.75, 3.05) is 13.1 Å². The molecule has 0 bridgehead atoms. The third-order valence-corrected chi connectivity index (χ3v) is 3.67. The molecular weight excluding hydrogens is 260 g/mol. The number of amides is 2. The van der Waals surface area contributed by atoms with Crippen LogP contribution in [0.4, 0.5) is 0 Å². The van der Waals surface area contributed by atoms with Crippen molar-refractivity contribution in [2.45, 2.75) is 30.7 Å². The number of nitrogens with zero attached hydrogens (tertiary/aromatic N) is 1. The molecule has 1 unspecified atom stereocenters. The predicted molar refractivity (Wildman–Crippen MR) is 76.4 cm³/mol. The Morgan fingerprint density at radius 1 is 1.26 bits per heavy atom. The zero-order valence-corrected chi connectivity index (χ0v) is 11.8. The van der Waals surface area contributed by atoms with Crippen molar-refractivity contribution in [2.24, 2.45) is 0 Å². The molecule has 0 saturated carbocycles. The third-order valence-electron chi connectivity index (χ3n) is 3.28. The van der Waals surface area contributed by atoms with Gasteiger partial charge in [-0.3, -0.25) is 9.59 Å². The molecule has 1 aliphatic rings. The van der Waals surface area contributed by atoms with Gasteiger partial charge in [0.15, 0.2) is 0 Å². The topological polar surface area (TPSA) is 49.4 Å². The maximum Gasteiger partial charge on any atom is 0.253 e. The molecule has 102 valence electrons. The van der Waals surface area contributed by atoms with E-state index in [0.717, 1.165) is 25.9 Å². The summed E-state index contributed by atoms with van der Waals surface area (Å²) in [6, 6.07) is 6.55. The summed E-state index contributed by atoms with van der Waals surface area (Å²) >= 11 is 4.24. The maximum absolute atomic E-state index is 12.1. The van der Waals surface area contributed by atoms with E-state index in [2.05, 4.69) is 17.9 Å². The van der Waals surface area contributed by atoms with E-state index >= 15 is 0 Å². The summed E-state index contributed by atoms with van der Waals surface area (Å²) in [5.41, 5.74) is 0.493. The Kier molecular flexibility index (Phi) is 4.47. The average molecular weight is 278 g/mol. The van der Waals surface area contributed by atoms with E-state index in [1.165, 1.54) is 0 Å². The number of likely N-dealkylation sites (tertiary alicyclic amines) is 1. The minimum Gasteiger partial charge on any atom is -0.341 e. The monoisotopic (exact) mass is 278 g/mol. The van der Waals surface area contributed by atoms with Crippen LogP contribution in [0.15, 0.2) is 29.2 Å². The van der Waals surface area contributed by atoms with Crippen molar-refractivity contribution in [3.8, 4) is 0 Å². The lowest BCUT2D eigenvalue weighted by molar-refractivity contribution is -0.131. The summed E-state index contributed by atoms with van der Waals surface area (Å²) in [6.45, 7) is 3.31. The fourth-order valence-corrected chi connectivity index (χ4v) is 2.48. The Balaban J connectivity index is 1.98. The molecule has 1 aromatic carbocycles. The molecule has 0 aromatic heterocycles. The molecule has 1 N–H and O–H groups in total. The smallest absolute Gasteiger partial charge is 0.253 e. The zero-order chi connectivity index (χ0) is 13.8. The third kappa shape index (κ3) is 3.29. The van der Waals surface area contributed by atoms with E-state index in [9.17, 15) is 9.59 Å². The van der Waals surface area contributed by atoms with Gasteiger partial charge in [-0.1, -0.05) is 12.1 Å². The van der Waals surface area contributed by atoms with Gasteiger partial charge in [-0.15, -0.1) is 12.6 Å². The van der Waals surface area contributed by atoms with Crippen LogP contribution < -0.4 is 5.32 Å². The van der Waals surface area contributed by atoms with E-state index < -0.39 is 6.04 Å². The normalized spacial score (nSPS) is 16.2. The van der Waals surface area contributed by atoms with Crippen molar-refractivity contribution < 1.29 is 9.59 Å². The van der Waals surface area contributed by atoms with Crippen molar-refractivity contribution >= 4 is 24.4 Å². The summed E-state index contributed by atoms with van der Waals surface area (Å²) in [5, 5.41) is 2.73. The second kappa shape index (κ2) is 6.10. The van der Waals surface area contributed by atoms with Gasteiger partial charge in [0.05, 0.1) is 5.56 Å². The zero-order valence-electron chi connectivity index (χ0n) is 10.9. The highest BCUT2D eigenvalue weighted by molar-refractivity contribution is 7.80. The lowest BCUT2D eigenvalue weighted by Gasteiger charge is -2.21. The highest BCUT2D eigenvalue weighted by Crippen LogP contribution is 2.13. The number of rotatable bonds is 3. The van der Waals surface area contributed by atoms with E-state index in [-0.39, 0.29) is 11.8 Å². The molecule has 0 spiro atoms. The van der Waals surface area contributed by atoms with Crippen LogP contribution in [0, 0.1) is 0 Å². The molecule has 2 amide bonds. The number of nitrogens with one attached hydrogen (secondary N) is 1. The number of hydrogen-bond acceptors (Lipinski definition) is 3. The Labute approximate surface area is 118 Å². The molecular formula is C14H18N2O2S. The van der Waals surface area contributed by atoms with Crippen LogP contribution in [0.5, 0.6) is 0 Å². The molecule has 1 fully saturated rings.